The minimum Gasteiger partial charge on any atom is -0.490 e. The van der Waals surface area contributed by atoms with Crippen LogP contribution < -0.4 is 10.1 Å². The number of benzene rings is 2. The molecule has 2 N–H and O–H groups in total. The molecule has 1 saturated heterocycles. The number of hydrogen-bond acceptors (Lipinski definition) is 5. The number of para-hydroxylation sites is 1. The summed E-state index contributed by atoms with van der Waals surface area (Å²) >= 11 is 0. The summed E-state index contributed by atoms with van der Waals surface area (Å²) < 4.78 is 20.3. The van der Waals surface area contributed by atoms with Gasteiger partial charge in [-0.05, 0) is 56.0 Å². The number of nitrogens with zero attached hydrogens (tertiary/aromatic N) is 2. The van der Waals surface area contributed by atoms with Gasteiger partial charge in [0.25, 0.3) is 0 Å². The van der Waals surface area contributed by atoms with Crippen LogP contribution in [0, 0.1) is 5.82 Å². The van der Waals surface area contributed by atoms with Crippen LogP contribution in [0.1, 0.15) is 54.7 Å². The summed E-state index contributed by atoms with van der Waals surface area (Å²) in [5.74, 6) is 1.31. The fraction of sp³-hybridized carbons (Fsp3) is 0.586. The lowest BCUT2D eigenvalue weighted by molar-refractivity contribution is 0.0498. The average molecular weight is 484 g/mol. The fourth-order valence-corrected chi connectivity index (χ4v) is 5.36. The summed E-state index contributed by atoms with van der Waals surface area (Å²) in [6.07, 6.45) is 6.37. The van der Waals surface area contributed by atoms with Crippen LogP contribution in [-0.2, 0) is 13.0 Å². The van der Waals surface area contributed by atoms with E-state index in [9.17, 15) is 9.50 Å². The Morgan fingerprint density at radius 2 is 1.74 bits per heavy atom. The number of aliphatic hydroxyl groups is 1. The minimum atomic E-state index is -0.514. The molecule has 1 aliphatic carbocycles. The molecule has 1 saturated carbocycles. The van der Waals surface area contributed by atoms with Crippen molar-refractivity contribution in [2.45, 2.75) is 57.1 Å². The maximum atomic E-state index is 13.9. The third-order valence-corrected chi connectivity index (χ3v) is 7.50. The molecule has 0 aromatic heterocycles. The highest BCUT2D eigenvalue weighted by atomic mass is 19.1. The van der Waals surface area contributed by atoms with Crippen molar-refractivity contribution >= 4 is 0 Å². The molecule has 2 aliphatic rings. The van der Waals surface area contributed by atoms with E-state index in [0.717, 1.165) is 43.1 Å². The van der Waals surface area contributed by atoms with E-state index in [1.165, 1.54) is 43.7 Å². The highest BCUT2D eigenvalue weighted by Crippen LogP contribution is 2.39. The van der Waals surface area contributed by atoms with E-state index in [0.29, 0.717) is 38.6 Å². The smallest absolute Gasteiger partial charge is 0.127 e. The molecule has 1 heterocycles. The predicted molar refractivity (Wildman–Crippen MR) is 140 cm³/mol. The topological polar surface area (TPSA) is 48.0 Å². The fourth-order valence-electron chi connectivity index (χ4n) is 5.36. The largest absolute Gasteiger partial charge is 0.490 e. The van der Waals surface area contributed by atoms with Gasteiger partial charge in [-0.25, -0.2) is 4.39 Å². The molecule has 0 amide bonds. The van der Waals surface area contributed by atoms with E-state index in [1.807, 2.05) is 12.1 Å². The number of nitrogens with one attached hydrogen (secondary N) is 1. The van der Waals surface area contributed by atoms with Crippen molar-refractivity contribution in [3.8, 4) is 5.75 Å². The van der Waals surface area contributed by atoms with E-state index in [1.54, 1.807) is 6.07 Å². The van der Waals surface area contributed by atoms with Crippen molar-refractivity contribution in [1.29, 1.82) is 0 Å². The third-order valence-electron chi connectivity index (χ3n) is 7.50. The zero-order valence-corrected chi connectivity index (χ0v) is 21.2. The van der Waals surface area contributed by atoms with Gasteiger partial charge in [-0.2, -0.15) is 0 Å². The number of β-amino-alcohol motifs (C(OH)–C–C–N with tert-alkyl or cyclic N) is 1. The van der Waals surface area contributed by atoms with Crippen LogP contribution in [0.25, 0.3) is 0 Å². The summed E-state index contributed by atoms with van der Waals surface area (Å²) in [5.41, 5.74) is 3.14. The molecule has 1 aliphatic heterocycles. The first-order valence-electron chi connectivity index (χ1n) is 13.4. The van der Waals surface area contributed by atoms with Crippen molar-refractivity contribution in [2.75, 3.05) is 52.9 Å². The minimum absolute atomic E-state index is 0.146. The van der Waals surface area contributed by atoms with Gasteiger partial charge in [-0.15, -0.1) is 0 Å². The summed E-state index contributed by atoms with van der Waals surface area (Å²) in [4.78, 5) is 4.65. The van der Waals surface area contributed by atoms with Gasteiger partial charge in [0, 0.05) is 44.8 Å². The van der Waals surface area contributed by atoms with Gasteiger partial charge in [-0.1, -0.05) is 55.7 Å². The molecule has 2 aromatic carbocycles. The number of ether oxygens (including phenoxy) is 1. The Bertz CT molecular complexity index is 911. The van der Waals surface area contributed by atoms with Gasteiger partial charge in [0.2, 0.25) is 0 Å². The quantitative estimate of drug-likeness (QED) is 0.470. The summed E-state index contributed by atoms with van der Waals surface area (Å²) in [7, 11) is 2.14. The first-order valence-corrected chi connectivity index (χ1v) is 13.4. The molecule has 2 fully saturated rings. The van der Waals surface area contributed by atoms with Crippen LogP contribution in [0.2, 0.25) is 0 Å². The molecule has 5 nitrogen and oxygen atoms in total. The second-order valence-corrected chi connectivity index (χ2v) is 10.3. The first kappa shape index (κ1) is 26.1. The van der Waals surface area contributed by atoms with Crippen LogP contribution in [0.3, 0.4) is 0 Å². The van der Waals surface area contributed by atoms with E-state index >= 15 is 0 Å². The molecular formula is C29H42FN3O2. The Morgan fingerprint density at radius 1 is 1.00 bits per heavy atom. The second-order valence-electron chi connectivity index (χ2n) is 10.3. The molecule has 1 atom stereocenters. The lowest BCUT2D eigenvalue weighted by atomic mass is 9.83. The average Bonchev–Trinajstić information content (AvgIpc) is 2.88. The van der Waals surface area contributed by atoms with Crippen LogP contribution in [0.4, 0.5) is 4.39 Å². The maximum Gasteiger partial charge on any atom is 0.127 e. The number of aliphatic hydroxyl groups excluding tert-OH is 1. The molecule has 0 bridgehead atoms. The Balaban J connectivity index is 1.38. The van der Waals surface area contributed by atoms with Gasteiger partial charge in [0.15, 0.2) is 0 Å². The normalized spacial score (nSPS) is 19.1. The van der Waals surface area contributed by atoms with Gasteiger partial charge < -0.3 is 20.1 Å². The van der Waals surface area contributed by atoms with E-state index in [4.69, 9.17) is 4.74 Å². The van der Waals surface area contributed by atoms with Gasteiger partial charge in [0.1, 0.15) is 24.3 Å². The lowest BCUT2D eigenvalue weighted by Gasteiger charge is -2.33. The highest BCUT2D eigenvalue weighted by Gasteiger charge is 2.23. The zero-order chi connectivity index (χ0) is 24.5. The first-order chi connectivity index (χ1) is 17.1. The van der Waals surface area contributed by atoms with E-state index in [-0.39, 0.29) is 5.82 Å². The molecule has 1 unspecified atom stereocenters. The number of likely N-dealkylation sites (N-methyl/N-ethyl adjacent to an activating group) is 1. The Hall–Kier alpha value is -1.99. The van der Waals surface area contributed by atoms with Crippen molar-refractivity contribution < 1.29 is 14.2 Å². The molecule has 4 rings (SSSR count). The van der Waals surface area contributed by atoms with Gasteiger partial charge in [-0.3, -0.25) is 4.90 Å². The van der Waals surface area contributed by atoms with Gasteiger partial charge in [0.05, 0.1) is 0 Å². The molecule has 0 radical (unpaired) electrons. The Labute approximate surface area is 210 Å². The monoisotopic (exact) mass is 483 g/mol. The molecular weight excluding hydrogens is 441 g/mol. The van der Waals surface area contributed by atoms with Crippen molar-refractivity contribution in [2.24, 2.45) is 0 Å². The number of hydrogen-bond donors (Lipinski definition) is 2. The molecule has 6 heteroatoms. The summed E-state index contributed by atoms with van der Waals surface area (Å²) in [5, 5.41) is 14.2. The molecule has 192 valence electrons. The van der Waals surface area contributed by atoms with Crippen molar-refractivity contribution in [3.63, 3.8) is 0 Å². The zero-order valence-electron chi connectivity index (χ0n) is 21.2. The molecule has 35 heavy (non-hydrogen) atoms. The van der Waals surface area contributed by atoms with E-state index < -0.39 is 6.10 Å². The summed E-state index contributed by atoms with van der Waals surface area (Å²) in [6.45, 7) is 6.38. The van der Waals surface area contributed by atoms with E-state index in [2.05, 4.69) is 40.4 Å². The van der Waals surface area contributed by atoms with Crippen molar-refractivity contribution in [1.82, 2.24) is 15.1 Å². The lowest BCUT2D eigenvalue weighted by Crippen LogP contribution is -2.47. The number of rotatable bonds is 11. The number of piperazine rings is 1. The predicted octanol–water partition coefficient (Wildman–Crippen LogP) is 4.19. The van der Waals surface area contributed by atoms with Crippen LogP contribution in [0.15, 0.2) is 42.5 Å². The second kappa shape index (κ2) is 13.4. The van der Waals surface area contributed by atoms with Crippen LogP contribution in [-0.4, -0.2) is 73.9 Å². The summed E-state index contributed by atoms with van der Waals surface area (Å²) in [6, 6.07) is 13.4. The van der Waals surface area contributed by atoms with Crippen LogP contribution in [0.5, 0.6) is 5.75 Å². The maximum absolute atomic E-state index is 13.9. The molecule has 2 aromatic rings. The Morgan fingerprint density at radius 3 is 2.51 bits per heavy atom. The highest BCUT2D eigenvalue weighted by molar-refractivity contribution is 5.44. The SMILES string of the molecule is CN1CCN(CC(O)COc2c(CNCCc3ccccc3F)cccc2C2CCCCC2)CC1. The van der Waals surface area contributed by atoms with Gasteiger partial charge >= 0.3 is 0 Å². The van der Waals surface area contributed by atoms with Crippen LogP contribution >= 0.6 is 0 Å². The third kappa shape index (κ3) is 7.74. The standard InChI is InChI=1S/C29H42FN3O2/c1-32-16-18-33(19-17-32)21-26(34)22-35-29-25(11-7-12-27(29)23-8-3-2-4-9-23)20-31-15-14-24-10-5-6-13-28(24)30/h5-7,10-13,23,26,31,34H,2-4,8-9,14-22H2,1H3. The number of halogens is 1. The molecule has 0 spiro atoms. The Kier molecular flexibility index (Phi) is 9.95. The van der Waals surface area contributed by atoms with Crippen molar-refractivity contribution in [3.05, 3.63) is 65.0 Å².